The Labute approximate surface area is 230 Å². The lowest BCUT2D eigenvalue weighted by atomic mass is 10.1. The highest BCUT2D eigenvalue weighted by Crippen LogP contribution is 2.28. The van der Waals surface area contributed by atoms with Gasteiger partial charge in [0.25, 0.3) is 10.0 Å². The van der Waals surface area contributed by atoms with E-state index in [4.69, 9.17) is 11.6 Å². The average molecular weight is 556 g/mol. The van der Waals surface area contributed by atoms with Crippen LogP contribution in [0.5, 0.6) is 0 Å². The zero-order valence-corrected chi connectivity index (χ0v) is 23.9. The normalized spacial score (nSPS) is 12.1. The minimum absolute atomic E-state index is 0.0438. The van der Waals surface area contributed by atoms with Crippen LogP contribution < -0.4 is 9.62 Å². The van der Waals surface area contributed by atoms with Crippen molar-refractivity contribution >= 4 is 39.1 Å². The number of amides is 2. The molecule has 38 heavy (non-hydrogen) atoms. The first-order valence-electron chi connectivity index (χ1n) is 12.4. The zero-order chi connectivity index (χ0) is 28.0. The van der Waals surface area contributed by atoms with Gasteiger partial charge >= 0.3 is 0 Å². The van der Waals surface area contributed by atoms with E-state index in [1.54, 1.807) is 56.3 Å². The van der Waals surface area contributed by atoms with E-state index in [1.165, 1.54) is 17.0 Å². The maximum absolute atomic E-state index is 13.9. The summed E-state index contributed by atoms with van der Waals surface area (Å²) in [7, 11) is -4.11. The first-order valence-corrected chi connectivity index (χ1v) is 14.2. The van der Waals surface area contributed by atoms with E-state index < -0.39 is 28.5 Å². The molecule has 2 amide bonds. The Morgan fingerprint density at radius 1 is 0.947 bits per heavy atom. The first kappa shape index (κ1) is 29.2. The SMILES string of the molecule is CCNC(=O)C(C)N(Cc1ccccc1Cl)C(=O)CN(c1ccc(C)cc1C)S(=O)(=O)c1ccc(C)cc1. The minimum atomic E-state index is -4.11. The molecule has 0 saturated heterocycles. The summed E-state index contributed by atoms with van der Waals surface area (Å²) in [5.41, 5.74) is 3.64. The molecule has 0 heterocycles. The number of nitrogens with one attached hydrogen (secondary N) is 1. The summed E-state index contributed by atoms with van der Waals surface area (Å²) < 4.78 is 28.9. The molecule has 0 spiro atoms. The van der Waals surface area contributed by atoms with E-state index >= 15 is 0 Å². The number of carbonyl (C=O) groups is 2. The van der Waals surface area contributed by atoms with Crippen molar-refractivity contribution < 1.29 is 18.0 Å². The lowest BCUT2D eigenvalue weighted by molar-refractivity contribution is -0.139. The molecule has 3 aromatic rings. The summed E-state index contributed by atoms with van der Waals surface area (Å²) in [5, 5.41) is 3.20. The second-order valence-corrected chi connectivity index (χ2v) is 11.6. The number of hydrogen-bond donors (Lipinski definition) is 1. The number of anilines is 1. The summed E-state index contributed by atoms with van der Waals surface area (Å²) in [6, 6.07) is 18.1. The zero-order valence-electron chi connectivity index (χ0n) is 22.4. The van der Waals surface area contributed by atoms with E-state index in [0.717, 1.165) is 15.4 Å². The molecule has 0 saturated carbocycles. The summed E-state index contributed by atoms with van der Waals surface area (Å²) >= 11 is 6.38. The highest BCUT2D eigenvalue weighted by atomic mass is 35.5. The van der Waals surface area contributed by atoms with Crippen molar-refractivity contribution in [3.63, 3.8) is 0 Å². The molecule has 0 radical (unpaired) electrons. The molecule has 9 heteroatoms. The number of halogens is 1. The standard InChI is InChI=1S/C29H34ClN3O4S/c1-6-31-29(35)23(5)32(18-24-9-7-8-10-26(24)30)28(34)19-33(27-16-13-21(3)17-22(27)4)38(36,37)25-14-11-20(2)12-15-25/h7-17,23H,6,18-19H2,1-5H3,(H,31,35). The molecule has 0 aliphatic rings. The second kappa shape index (κ2) is 12.5. The van der Waals surface area contributed by atoms with Gasteiger partial charge in [-0.3, -0.25) is 13.9 Å². The third-order valence-electron chi connectivity index (χ3n) is 6.33. The molecule has 0 fully saturated rings. The van der Waals surface area contributed by atoms with Crippen molar-refractivity contribution in [1.82, 2.24) is 10.2 Å². The minimum Gasteiger partial charge on any atom is -0.355 e. The van der Waals surface area contributed by atoms with Gasteiger partial charge in [-0.15, -0.1) is 0 Å². The van der Waals surface area contributed by atoms with E-state index in [-0.39, 0.29) is 17.3 Å². The van der Waals surface area contributed by atoms with Gasteiger partial charge in [0.2, 0.25) is 11.8 Å². The Bertz CT molecular complexity index is 1410. The van der Waals surface area contributed by atoms with Crippen LogP contribution in [0.25, 0.3) is 0 Å². The van der Waals surface area contributed by atoms with E-state index in [1.807, 2.05) is 32.9 Å². The van der Waals surface area contributed by atoms with Crippen molar-refractivity contribution in [3.05, 3.63) is 94.0 Å². The van der Waals surface area contributed by atoms with Crippen molar-refractivity contribution in [2.45, 2.75) is 52.1 Å². The van der Waals surface area contributed by atoms with Crippen LogP contribution in [0.15, 0.2) is 71.6 Å². The number of benzene rings is 3. The molecule has 0 bridgehead atoms. The van der Waals surface area contributed by atoms with Crippen molar-refractivity contribution in [2.75, 3.05) is 17.4 Å². The van der Waals surface area contributed by atoms with Crippen molar-refractivity contribution in [2.24, 2.45) is 0 Å². The molecule has 0 aromatic heterocycles. The maximum atomic E-state index is 13.9. The average Bonchev–Trinajstić information content (AvgIpc) is 2.87. The largest absolute Gasteiger partial charge is 0.355 e. The number of sulfonamides is 1. The molecule has 1 atom stereocenters. The fourth-order valence-corrected chi connectivity index (χ4v) is 5.82. The Balaban J connectivity index is 2.08. The number of rotatable bonds is 10. The molecule has 1 unspecified atom stereocenters. The summed E-state index contributed by atoms with van der Waals surface area (Å²) in [5.74, 6) is -0.869. The third kappa shape index (κ3) is 6.74. The van der Waals surface area contributed by atoms with Gasteiger partial charge in [-0.1, -0.05) is 65.2 Å². The molecule has 202 valence electrons. The van der Waals surface area contributed by atoms with Crippen LogP contribution in [0.1, 0.15) is 36.1 Å². The van der Waals surface area contributed by atoms with Gasteiger partial charge in [0.15, 0.2) is 0 Å². The molecule has 3 aromatic carbocycles. The number of hydrogen-bond acceptors (Lipinski definition) is 4. The number of carbonyl (C=O) groups excluding carboxylic acids is 2. The van der Waals surface area contributed by atoms with Gasteiger partial charge in [0, 0.05) is 18.1 Å². The topological polar surface area (TPSA) is 86.8 Å². The first-order chi connectivity index (χ1) is 17.9. The van der Waals surface area contributed by atoms with Crippen molar-refractivity contribution in [1.29, 1.82) is 0 Å². The van der Waals surface area contributed by atoms with Crippen LogP contribution in [-0.4, -0.2) is 44.3 Å². The van der Waals surface area contributed by atoms with Crippen LogP contribution in [0.3, 0.4) is 0 Å². The Kier molecular flexibility index (Phi) is 9.57. The summed E-state index contributed by atoms with van der Waals surface area (Å²) in [6.45, 7) is 8.96. The molecular weight excluding hydrogens is 522 g/mol. The third-order valence-corrected chi connectivity index (χ3v) is 8.47. The second-order valence-electron chi connectivity index (χ2n) is 9.30. The van der Waals surface area contributed by atoms with Gasteiger partial charge in [-0.2, -0.15) is 0 Å². The quantitative estimate of drug-likeness (QED) is 0.381. The van der Waals surface area contributed by atoms with Gasteiger partial charge in [-0.25, -0.2) is 8.42 Å². The van der Waals surface area contributed by atoms with Gasteiger partial charge in [0.05, 0.1) is 10.6 Å². The predicted molar refractivity (Wildman–Crippen MR) is 152 cm³/mol. The fraction of sp³-hybridized carbons (Fsp3) is 0.310. The molecule has 0 aliphatic heterocycles. The molecule has 7 nitrogen and oxygen atoms in total. The van der Waals surface area contributed by atoms with E-state index in [9.17, 15) is 18.0 Å². The van der Waals surface area contributed by atoms with Crippen LogP contribution in [0, 0.1) is 20.8 Å². The van der Waals surface area contributed by atoms with E-state index in [2.05, 4.69) is 5.32 Å². The number of aryl methyl sites for hydroxylation is 3. The lowest BCUT2D eigenvalue weighted by Crippen LogP contribution is -2.51. The lowest BCUT2D eigenvalue weighted by Gasteiger charge is -2.32. The molecular formula is C29H34ClN3O4S. The Hall–Kier alpha value is -3.36. The van der Waals surface area contributed by atoms with Crippen molar-refractivity contribution in [3.8, 4) is 0 Å². The fourth-order valence-electron chi connectivity index (χ4n) is 4.15. The molecule has 0 aliphatic carbocycles. The highest BCUT2D eigenvalue weighted by Gasteiger charge is 2.33. The summed E-state index contributed by atoms with van der Waals surface area (Å²) in [4.78, 5) is 28.1. The Morgan fingerprint density at radius 3 is 2.18 bits per heavy atom. The Morgan fingerprint density at radius 2 is 1.58 bits per heavy atom. The van der Waals surface area contributed by atoms with Crippen LogP contribution >= 0.6 is 11.6 Å². The van der Waals surface area contributed by atoms with Gasteiger partial charge in [-0.05, 0) is 70.0 Å². The smallest absolute Gasteiger partial charge is 0.264 e. The van der Waals surface area contributed by atoms with Crippen LogP contribution in [-0.2, 0) is 26.2 Å². The molecule has 3 rings (SSSR count). The highest BCUT2D eigenvalue weighted by molar-refractivity contribution is 7.92. The van der Waals surface area contributed by atoms with Crippen LogP contribution in [0.2, 0.25) is 5.02 Å². The summed E-state index contributed by atoms with van der Waals surface area (Å²) in [6.07, 6.45) is 0. The van der Waals surface area contributed by atoms with Gasteiger partial charge < -0.3 is 10.2 Å². The van der Waals surface area contributed by atoms with Gasteiger partial charge in [0.1, 0.15) is 12.6 Å². The monoisotopic (exact) mass is 555 g/mol. The number of nitrogens with zero attached hydrogens (tertiary/aromatic N) is 2. The number of likely N-dealkylation sites (N-methyl/N-ethyl adjacent to an activating group) is 1. The van der Waals surface area contributed by atoms with Crippen LogP contribution in [0.4, 0.5) is 5.69 Å². The van der Waals surface area contributed by atoms with E-state index in [0.29, 0.717) is 28.4 Å². The maximum Gasteiger partial charge on any atom is 0.264 e. The molecule has 1 N–H and O–H groups in total. The predicted octanol–water partition coefficient (Wildman–Crippen LogP) is 5.01.